The van der Waals surface area contributed by atoms with Crippen LogP contribution in [0.1, 0.15) is 32.3 Å². The third-order valence-corrected chi connectivity index (χ3v) is 7.71. The van der Waals surface area contributed by atoms with Crippen molar-refractivity contribution < 1.29 is 32.2 Å². The molecule has 13 heteroatoms. The maximum Gasteiger partial charge on any atom is 0.416 e. The average Bonchev–Trinajstić information content (AvgIpc) is 3.31. The SMILES string of the molecule is CC1(C)OC[C@H](COc2ccc(NC(=O)N3c4nc(-c5cccc(C(F)(F)F)c5)c(Cl)cc4N4CCC[C@H]3C4)nc2)O1. The monoisotopic (exact) mass is 603 g/mol. The smallest absolute Gasteiger partial charge is 0.416 e. The van der Waals surface area contributed by atoms with Gasteiger partial charge in [-0.05, 0) is 57.0 Å². The van der Waals surface area contributed by atoms with Crippen molar-refractivity contribution in [2.75, 3.05) is 41.4 Å². The lowest BCUT2D eigenvalue weighted by Gasteiger charge is -2.46. The summed E-state index contributed by atoms with van der Waals surface area (Å²) in [6, 6.07) is 9.19. The molecule has 3 aliphatic heterocycles. The molecular weight excluding hydrogens is 575 g/mol. The van der Waals surface area contributed by atoms with E-state index in [-0.39, 0.29) is 28.4 Å². The van der Waals surface area contributed by atoms with Crippen LogP contribution in [0.4, 0.5) is 35.3 Å². The highest BCUT2D eigenvalue weighted by molar-refractivity contribution is 6.33. The normalized spacial score (nSPS) is 21.2. The standard InChI is InChI=1S/C29H29ClF3N5O4/c1-28(2)41-16-21(42-28)15-40-20-8-9-24(34-13-20)35-27(39)38-19-7-4-10-37(14-19)23-12-22(30)25(36-26(23)38)17-5-3-6-18(11-17)29(31,32)33/h3,5-6,8-9,11-13,19,21H,4,7,10,14-16H2,1-2H3,(H,34,35,39)/t19-,21-/m0/s1. The van der Waals surface area contributed by atoms with Gasteiger partial charge in [-0.2, -0.15) is 13.2 Å². The van der Waals surface area contributed by atoms with Crippen LogP contribution in [0.15, 0.2) is 48.7 Å². The molecule has 1 aromatic carbocycles. The number of fused-ring (bicyclic) bond motifs is 4. The fraction of sp³-hybridized carbons (Fsp3) is 0.414. The van der Waals surface area contributed by atoms with Gasteiger partial charge in [0.1, 0.15) is 24.3 Å². The molecule has 0 aliphatic carbocycles. The maximum atomic E-state index is 13.7. The molecule has 2 fully saturated rings. The number of carbonyl (C=O) groups is 1. The van der Waals surface area contributed by atoms with Crippen molar-refractivity contribution in [3.8, 4) is 17.0 Å². The average molecular weight is 604 g/mol. The summed E-state index contributed by atoms with van der Waals surface area (Å²) in [5.74, 6) is 0.508. The zero-order valence-corrected chi connectivity index (χ0v) is 23.7. The number of benzene rings is 1. The van der Waals surface area contributed by atoms with Crippen LogP contribution in [-0.4, -0.2) is 60.2 Å². The molecule has 3 aliphatic rings. The van der Waals surface area contributed by atoms with E-state index in [4.69, 9.17) is 25.8 Å². The molecule has 2 amide bonds. The van der Waals surface area contributed by atoms with Crippen LogP contribution in [0.3, 0.4) is 0 Å². The lowest BCUT2D eigenvalue weighted by atomic mass is 9.99. The summed E-state index contributed by atoms with van der Waals surface area (Å²) in [4.78, 5) is 26.3. The minimum atomic E-state index is -4.52. The first kappa shape index (κ1) is 28.5. The molecular formula is C29H29ClF3N5O4. The molecule has 2 bridgehead atoms. The lowest BCUT2D eigenvalue weighted by Crippen LogP contribution is -2.56. The Hall–Kier alpha value is -3.61. The van der Waals surface area contributed by atoms with E-state index in [1.165, 1.54) is 18.3 Å². The Bertz CT molecular complexity index is 1490. The first-order valence-corrected chi connectivity index (χ1v) is 14.0. The Morgan fingerprint density at radius 1 is 1.24 bits per heavy atom. The van der Waals surface area contributed by atoms with E-state index in [0.717, 1.165) is 31.5 Å². The van der Waals surface area contributed by atoms with Gasteiger partial charge in [0.25, 0.3) is 0 Å². The van der Waals surface area contributed by atoms with E-state index in [1.807, 2.05) is 13.8 Å². The van der Waals surface area contributed by atoms with Crippen molar-refractivity contribution in [2.24, 2.45) is 0 Å². The number of hydrogen-bond donors (Lipinski definition) is 1. The van der Waals surface area contributed by atoms with Gasteiger partial charge in [-0.1, -0.05) is 23.7 Å². The Labute approximate surface area is 245 Å². The molecule has 2 saturated heterocycles. The van der Waals surface area contributed by atoms with Crippen LogP contribution in [0.25, 0.3) is 11.3 Å². The molecule has 6 rings (SSSR count). The fourth-order valence-electron chi connectivity index (χ4n) is 5.49. The highest BCUT2D eigenvalue weighted by Gasteiger charge is 2.39. The maximum absolute atomic E-state index is 13.7. The van der Waals surface area contributed by atoms with Gasteiger partial charge < -0.3 is 19.1 Å². The number of alkyl halides is 3. The zero-order valence-electron chi connectivity index (χ0n) is 22.9. The van der Waals surface area contributed by atoms with Crippen molar-refractivity contribution in [3.63, 3.8) is 0 Å². The number of pyridine rings is 2. The second kappa shape index (κ2) is 10.9. The van der Waals surface area contributed by atoms with Crippen LogP contribution < -0.4 is 19.9 Å². The molecule has 0 unspecified atom stereocenters. The number of nitrogens with one attached hydrogen (secondary N) is 1. The third-order valence-electron chi connectivity index (χ3n) is 7.42. The number of carbonyl (C=O) groups excluding carboxylic acids is 1. The number of halogens is 4. The summed E-state index contributed by atoms with van der Waals surface area (Å²) in [6.07, 6.45) is -1.61. The van der Waals surface area contributed by atoms with Crippen LogP contribution in [-0.2, 0) is 15.7 Å². The van der Waals surface area contributed by atoms with Crippen molar-refractivity contribution in [2.45, 2.75) is 50.8 Å². The quantitative estimate of drug-likeness (QED) is 0.363. The molecule has 9 nitrogen and oxygen atoms in total. The van der Waals surface area contributed by atoms with Crippen molar-refractivity contribution in [3.05, 3.63) is 59.2 Å². The summed E-state index contributed by atoms with van der Waals surface area (Å²) in [5, 5.41) is 3.03. The Morgan fingerprint density at radius 3 is 2.79 bits per heavy atom. The number of piperidine rings is 1. The van der Waals surface area contributed by atoms with Crippen molar-refractivity contribution >= 4 is 35.0 Å². The third kappa shape index (κ3) is 5.83. The van der Waals surface area contributed by atoms with Gasteiger partial charge in [0.15, 0.2) is 11.6 Å². The second-order valence-electron chi connectivity index (χ2n) is 10.9. The predicted octanol–water partition coefficient (Wildman–Crippen LogP) is 6.37. The molecule has 0 radical (unpaired) electrons. The molecule has 2 aromatic heterocycles. The van der Waals surface area contributed by atoms with Crippen LogP contribution >= 0.6 is 11.6 Å². The summed E-state index contributed by atoms with van der Waals surface area (Å²) in [5.41, 5.74) is 0.219. The molecule has 2 atom stereocenters. The first-order valence-electron chi connectivity index (χ1n) is 13.6. The van der Waals surface area contributed by atoms with Crippen molar-refractivity contribution in [1.82, 2.24) is 9.97 Å². The molecule has 0 spiro atoms. The number of ether oxygens (including phenoxy) is 3. The van der Waals surface area contributed by atoms with E-state index in [9.17, 15) is 18.0 Å². The minimum Gasteiger partial charge on any atom is -0.489 e. The molecule has 42 heavy (non-hydrogen) atoms. The number of nitrogens with zero attached hydrogens (tertiary/aromatic N) is 4. The first-order chi connectivity index (χ1) is 20.0. The largest absolute Gasteiger partial charge is 0.489 e. The van der Waals surface area contributed by atoms with Gasteiger partial charge >= 0.3 is 12.2 Å². The number of hydrogen-bond acceptors (Lipinski definition) is 7. The Morgan fingerprint density at radius 2 is 2.07 bits per heavy atom. The Kier molecular flexibility index (Phi) is 7.40. The molecule has 222 valence electrons. The summed E-state index contributed by atoms with van der Waals surface area (Å²) in [7, 11) is 0. The Balaban J connectivity index is 1.23. The number of urea groups is 1. The lowest BCUT2D eigenvalue weighted by molar-refractivity contribution is -0.141. The topological polar surface area (TPSA) is 89.1 Å². The van der Waals surface area contributed by atoms with Gasteiger partial charge in [-0.3, -0.25) is 10.2 Å². The minimum absolute atomic E-state index is 0.167. The zero-order chi connectivity index (χ0) is 29.6. The van der Waals surface area contributed by atoms with E-state index < -0.39 is 23.6 Å². The highest BCUT2D eigenvalue weighted by atomic mass is 35.5. The van der Waals surface area contributed by atoms with Gasteiger partial charge in [-0.15, -0.1) is 0 Å². The van der Waals surface area contributed by atoms with Crippen LogP contribution in [0.5, 0.6) is 5.75 Å². The summed E-state index contributed by atoms with van der Waals surface area (Å²) >= 11 is 6.57. The summed E-state index contributed by atoms with van der Waals surface area (Å²) < 4.78 is 57.3. The van der Waals surface area contributed by atoms with Crippen LogP contribution in [0.2, 0.25) is 5.02 Å². The number of aromatic nitrogens is 2. The second-order valence-corrected chi connectivity index (χ2v) is 11.3. The molecule has 0 saturated carbocycles. The fourth-order valence-corrected chi connectivity index (χ4v) is 5.74. The summed E-state index contributed by atoms with van der Waals surface area (Å²) in [6.45, 7) is 5.76. The van der Waals surface area contributed by atoms with E-state index in [0.29, 0.717) is 42.8 Å². The van der Waals surface area contributed by atoms with E-state index in [2.05, 4.69) is 20.2 Å². The van der Waals surface area contributed by atoms with Crippen molar-refractivity contribution in [1.29, 1.82) is 0 Å². The van der Waals surface area contributed by atoms with Gasteiger partial charge in [-0.25, -0.2) is 14.8 Å². The number of rotatable bonds is 5. The highest BCUT2D eigenvalue weighted by Crippen LogP contribution is 2.43. The van der Waals surface area contributed by atoms with Gasteiger partial charge in [0.05, 0.1) is 40.8 Å². The van der Waals surface area contributed by atoms with Gasteiger partial charge in [0.2, 0.25) is 0 Å². The van der Waals surface area contributed by atoms with Crippen LogP contribution in [0, 0.1) is 0 Å². The van der Waals surface area contributed by atoms with Gasteiger partial charge in [0, 0.05) is 18.7 Å². The van der Waals surface area contributed by atoms with E-state index in [1.54, 1.807) is 23.1 Å². The molecule has 1 N–H and O–H groups in total. The number of anilines is 3. The number of amides is 2. The predicted molar refractivity (Wildman–Crippen MR) is 151 cm³/mol. The molecule has 5 heterocycles. The van der Waals surface area contributed by atoms with E-state index >= 15 is 0 Å². The molecule has 3 aromatic rings.